The van der Waals surface area contributed by atoms with Gasteiger partial charge < -0.3 is 0 Å². The van der Waals surface area contributed by atoms with E-state index in [1.807, 2.05) is 6.07 Å². The predicted molar refractivity (Wildman–Crippen MR) is 61.8 cm³/mol. The lowest BCUT2D eigenvalue weighted by molar-refractivity contribution is 0.403. The molecule has 0 saturated heterocycles. The molecule has 1 nitrogen and oxygen atoms in total. The van der Waals surface area contributed by atoms with E-state index >= 15 is 0 Å². The second-order valence-corrected chi connectivity index (χ2v) is 5.82. The molecule has 0 aromatic heterocycles. The molecule has 0 radical (unpaired) electrons. The van der Waals surface area contributed by atoms with Gasteiger partial charge in [-0.2, -0.15) is 5.26 Å². The van der Waals surface area contributed by atoms with Crippen molar-refractivity contribution in [3.63, 3.8) is 0 Å². The zero-order valence-corrected chi connectivity index (χ0v) is 9.89. The van der Waals surface area contributed by atoms with Gasteiger partial charge in [0, 0.05) is 0 Å². The van der Waals surface area contributed by atoms with Crippen molar-refractivity contribution in [3.05, 3.63) is 34.9 Å². The van der Waals surface area contributed by atoms with E-state index in [0.717, 1.165) is 12.0 Å². The topological polar surface area (TPSA) is 23.8 Å². The maximum absolute atomic E-state index is 8.92. The van der Waals surface area contributed by atoms with Gasteiger partial charge in [0.25, 0.3) is 0 Å². The lowest BCUT2D eigenvalue weighted by Gasteiger charge is -2.22. The number of hydrogen-bond donors (Lipinski definition) is 0. The predicted octanol–water partition coefficient (Wildman–Crippen LogP) is 3.52. The summed E-state index contributed by atoms with van der Waals surface area (Å²) in [5.74, 6) is 0. The molecule has 0 bridgehead atoms. The molecule has 1 aromatic rings. The zero-order chi connectivity index (χ0) is 11.3. The Hall–Kier alpha value is -1.29. The van der Waals surface area contributed by atoms with Gasteiger partial charge in [-0.15, -0.1) is 0 Å². The molecule has 0 atom stereocenters. The molecule has 0 unspecified atom stereocenters. The Balaban J connectivity index is 2.67. The van der Waals surface area contributed by atoms with Gasteiger partial charge >= 0.3 is 0 Å². The summed E-state index contributed by atoms with van der Waals surface area (Å²) < 4.78 is 0. The number of nitriles is 1. The van der Waals surface area contributed by atoms with Gasteiger partial charge in [-0.25, -0.2) is 0 Å². The minimum absolute atomic E-state index is 0.200. The van der Waals surface area contributed by atoms with E-state index in [1.54, 1.807) is 0 Å². The maximum atomic E-state index is 8.92. The monoisotopic (exact) mass is 199 g/mol. The van der Waals surface area contributed by atoms with Crippen LogP contribution in [0.2, 0.25) is 0 Å². The van der Waals surface area contributed by atoms with Gasteiger partial charge in [0.1, 0.15) is 0 Å². The molecule has 0 aliphatic heterocycles. The molecular formula is C14H17N. The number of fused-ring (bicyclic) bond motifs is 1. The van der Waals surface area contributed by atoms with Crippen LogP contribution in [0.5, 0.6) is 0 Å². The summed E-state index contributed by atoms with van der Waals surface area (Å²) >= 11 is 0. The van der Waals surface area contributed by atoms with Crippen molar-refractivity contribution >= 4 is 0 Å². The Morgan fingerprint density at radius 1 is 1.07 bits per heavy atom. The smallest absolute Gasteiger partial charge is 0.0991 e. The van der Waals surface area contributed by atoms with Gasteiger partial charge in [0.2, 0.25) is 0 Å². The molecule has 1 aliphatic carbocycles. The van der Waals surface area contributed by atoms with Crippen molar-refractivity contribution in [2.45, 2.75) is 44.9 Å². The molecule has 0 spiro atoms. The fraction of sp³-hybridized carbons (Fsp3) is 0.500. The summed E-state index contributed by atoms with van der Waals surface area (Å²) in [7, 11) is 0. The maximum Gasteiger partial charge on any atom is 0.0991 e. The Kier molecular flexibility index (Phi) is 1.95. The van der Waals surface area contributed by atoms with Crippen molar-refractivity contribution in [2.75, 3.05) is 0 Å². The van der Waals surface area contributed by atoms with Crippen LogP contribution in [-0.4, -0.2) is 0 Å². The molecule has 2 rings (SSSR count). The highest BCUT2D eigenvalue weighted by Crippen LogP contribution is 2.49. The van der Waals surface area contributed by atoms with Gasteiger partial charge in [-0.1, -0.05) is 33.8 Å². The second kappa shape index (κ2) is 2.85. The van der Waals surface area contributed by atoms with Crippen LogP contribution in [0.1, 0.15) is 50.8 Å². The Morgan fingerprint density at radius 2 is 1.67 bits per heavy atom. The first-order valence-electron chi connectivity index (χ1n) is 5.42. The first kappa shape index (κ1) is 10.2. The van der Waals surface area contributed by atoms with E-state index in [9.17, 15) is 0 Å². The normalized spacial score (nSPS) is 20.7. The Bertz CT molecular complexity index is 447. The molecule has 0 fully saturated rings. The summed E-state index contributed by atoms with van der Waals surface area (Å²) in [4.78, 5) is 0. The number of rotatable bonds is 0. The van der Waals surface area contributed by atoms with E-state index in [4.69, 9.17) is 5.26 Å². The first-order chi connectivity index (χ1) is 6.87. The minimum atomic E-state index is 0.200. The van der Waals surface area contributed by atoms with Gasteiger partial charge in [-0.3, -0.25) is 0 Å². The molecule has 0 saturated carbocycles. The third-order valence-electron chi connectivity index (χ3n) is 3.49. The van der Waals surface area contributed by atoms with Crippen LogP contribution in [0.4, 0.5) is 0 Å². The quantitative estimate of drug-likeness (QED) is 0.627. The van der Waals surface area contributed by atoms with Crippen LogP contribution in [0.25, 0.3) is 0 Å². The Labute approximate surface area is 91.7 Å². The van der Waals surface area contributed by atoms with Crippen molar-refractivity contribution in [3.8, 4) is 6.07 Å². The van der Waals surface area contributed by atoms with Gasteiger partial charge in [0.15, 0.2) is 0 Å². The van der Waals surface area contributed by atoms with Crippen LogP contribution < -0.4 is 0 Å². The second-order valence-electron chi connectivity index (χ2n) is 5.82. The highest BCUT2D eigenvalue weighted by molar-refractivity contribution is 5.48. The van der Waals surface area contributed by atoms with Crippen LogP contribution in [-0.2, 0) is 10.8 Å². The highest BCUT2D eigenvalue weighted by atomic mass is 14.5. The summed E-state index contributed by atoms with van der Waals surface area (Å²) in [6.07, 6.45) is 1.16. The number of benzene rings is 1. The van der Waals surface area contributed by atoms with Gasteiger partial charge in [0.05, 0.1) is 11.6 Å². The van der Waals surface area contributed by atoms with Crippen molar-refractivity contribution in [1.82, 2.24) is 0 Å². The van der Waals surface area contributed by atoms with Crippen LogP contribution in [0.3, 0.4) is 0 Å². The van der Waals surface area contributed by atoms with E-state index in [0.29, 0.717) is 0 Å². The largest absolute Gasteiger partial charge is 0.192 e. The number of nitrogens with zero attached hydrogens (tertiary/aromatic N) is 1. The summed E-state index contributed by atoms with van der Waals surface area (Å²) in [6, 6.07) is 8.34. The summed E-state index contributed by atoms with van der Waals surface area (Å²) in [5.41, 5.74) is 3.98. The molecule has 0 heterocycles. The molecule has 0 N–H and O–H groups in total. The fourth-order valence-corrected chi connectivity index (χ4v) is 3.06. The lowest BCUT2D eigenvalue weighted by atomic mass is 9.82. The van der Waals surface area contributed by atoms with Crippen molar-refractivity contribution in [2.24, 2.45) is 0 Å². The highest BCUT2D eigenvalue weighted by Gasteiger charge is 2.41. The van der Waals surface area contributed by atoms with Gasteiger partial charge in [-0.05, 0) is 40.5 Å². The summed E-state index contributed by atoms with van der Waals surface area (Å²) in [5, 5.41) is 8.92. The van der Waals surface area contributed by atoms with E-state index in [-0.39, 0.29) is 10.8 Å². The third-order valence-corrected chi connectivity index (χ3v) is 3.49. The van der Waals surface area contributed by atoms with E-state index < -0.39 is 0 Å². The molecule has 0 amide bonds. The molecule has 78 valence electrons. The molecular weight excluding hydrogens is 182 g/mol. The average molecular weight is 199 g/mol. The molecule has 1 heteroatoms. The standard InChI is InChI=1S/C14H17N/c1-13(2)9-14(3,4)12-7-10(8-15)5-6-11(12)13/h5-7H,9H2,1-4H3. The molecule has 15 heavy (non-hydrogen) atoms. The average Bonchev–Trinajstić information content (AvgIpc) is 2.32. The lowest BCUT2D eigenvalue weighted by Crippen LogP contribution is -2.17. The first-order valence-corrected chi connectivity index (χ1v) is 5.42. The minimum Gasteiger partial charge on any atom is -0.192 e. The van der Waals surface area contributed by atoms with Crippen LogP contribution in [0, 0.1) is 11.3 Å². The van der Waals surface area contributed by atoms with Crippen molar-refractivity contribution in [1.29, 1.82) is 5.26 Å². The zero-order valence-electron chi connectivity index (χ0n) is 9.89. The Morgan fingerprint density at radius 3 is 2.27 bits per heavy atom. The molecule has 1 aliphatic rings. The van der Waals surface area contributed by atoms with E-state index in [2.05, 4.69) is 45.9 Å². The van der Waals surface area contributed by atoms with E-state index in [1.165, 1.54) is 11.1 Å². The van der Waals surface area contributed by atoms with Crippen LogP contribution in [0.15, 0.2) is 18.2 Å². The van der Waals surface area contributed by atoms with Crippen LogP contribution >= 0.6 is 0 Å². The third kappa shape index (κ3) is 1.45. The fourth-order valence-electron chi connectivity index (χ4n) is 3.06. The number of hydrogen-bond acceptors (Lipinski definition) is 1. The SMILES string of the molecule is CC1(C)CC(C)(C)c2cc(C#N)ccc21. The van der Waals surface area contributed by atoms with Crippen molar-refractivity contribution < 1.29 is 0 Å². The summed E-state index contributed by atoms with van der Waals surface area (Å²) in [6.45, 7) is 9.10. The molecule has 1 aromatic carbocycles.